The summed E-state index contributed by atoms with van der Waals surface area (Å²) >= 11 is 0. The second kappa shape index (κ2) is 6.05. The molecule has 1 rings (SSSR count). The summed E-state index contributed by atoms with van der Waals surface area (Å²) in [5, 5.41) is 3.78. The lowest BCUT2D eigenvalue weighted by Gasteiger charge is -2.39. The van der Waals surface area contributed by atoms with Crippen molar-refractivity contribution in [2.45, 2.75) is 72.8 Å². The van der Waals surface area contributed by atoms with Gasteiger partial charge in [0.05, 0.1) is 0 Å². The molecule has 0 aliphatic heterocycles. The Morgan fingerprint density at radius 1 is 1.19 bits per heavy atom. The molecule has 0 aromatic rings. The van der Waals surface area contributed by atoms with Gasteiger partial charge in [0.25, 0.3) is 0 Å². The minimum Gasteiger partial charge on any atom is -0.314 e. The summed E-state index contributed by atoms with van der Waals surface area (Å²) in [6.07, 6.45) is 6.92. The smallest absolute Gasteiger partial charge is 0.0128 e. The van der Waals surface area contributed by atoms with Gasteiger partial charge in [-0.1, -0.05) is 53.9 Å². The second-order valence-corrected chi connectivity index (χ2v) is 6.15. The van der Waals surface area contributed by atoms with E-state index in [0.717, 1.165) is 24.4 Å². The molecule has 0 radical (unpaired) electrons. The number of hydrogen-bond acceptors (Lipinski definition) is 1. The molecule has 1 heteroatoms. The minimum absolute atomic E-state index is 0.551. The van der Waals surface area contributed by atoms with Crippen LogP contribution in [0.25, 0.3) is 0 Å². The van der Waals surface area contributed by atoms with Gasteiger partial charge in [-0.05, 0) is 36.6 Å². The molecule has 2 atom stereocenters. The van der Waals surface area contributed by atoms with Crippen molar-refractivity contribution in [3.63, 3.8) is 0 Å². The second-order valence-electron chi connectivity index (χ2n) is 6.15. The van der Waals surface area contributed by atoms with Crippen molar-refractivity contribution < 1.29 is 0 Å². The molecule has 2 unspecified atom stereocenters. The molecule has 1 nitrogen and oxygen atoms in total. The van der Waals surface area contributed by atoms with Crippen LogP contribution in [0.15, 0.2) is 0 Å². The average molecular weight is 225 g/mol. The van der Waals surface area contributed by atoms with E-state index in [1.54, 1.807) is 0 Å². The Hall–Kier alpha value is -0.0400. The third-order valence-electron chi connectivity index (χ3n) is 4.77. The largest absolute Gasteiger partial charge is 0.314 e. The SMILES string of the molecule is CCNC(C(CC)CC)C1CCCC1(C)C. The van der Waals surface area contributed by atoms with Gasteiger partial charge in [0, 0.05) is 6.04 Å². The Kier molecular flexibility index (Phi) is 5.30. The molecule has 96 valence electrons. The zero-order valence-corrected chi connectivity index (χ0v) is 12.0. The standard InChI is InChI=1S/C15H31N/c1-6-12(7-2)14(16-8-3)13-10-9-11-15(13,4)5/h12-14,16H,6-11H2,1-5H3. The van der Waals surface area contributed by atoms with Crippen LogP contribution in [0.1, 0.15) is 66.7 Å². The molecule has 1 saturated carbocycles. The first kappa shape index (κ1) is 14.0. The van der Waals surface area contributed by atoms with Gasteiger partial charge in [-0.15, -0.1) is 0 Å². The van der Waals surface area contributed by atoms with Crippen molar-refractivity contribution in [1.82, 2.24) is 5.32 Å². The van der Waals surface area contributed by atoms with Gasteiger partial charge < -0.3 is 5.32 Å². The van der Waals surface area contributed by atoms with Crippen molar-refractivity contribution in [2.24, 2.45) is 17.3 Å². The van der Waals surface area contributed by atoms with Crippen molar-refractivity contribution in [1.29, 1.82) is 0 Å². The van der Waals surface area contributed by atoms with Crippen LogP contribution >= 0.6 is 0 Å². The third kappa shape index (κ3) is 3.00. The van der Waals surface area contributed by atoms with Gasteiger partial charge in [0.2, 0.25) is 0 Å². The van der Waals surface area contributed by atoms with Crippen LogP contribution in [0.5, 0.6) is 0 Å². The number of rotatable bonds is 6. The summed E-state index contributed by atoms with van der Waals surface area (Å²) in [5.41, 5.74) is 0.551. The van der Waals surface area contributed by atoms with Crippen molar-refractivity contribution in [3.05, 3.63) is 0 Å². The van der Waals surface area contributed by atoms with Crippen LogP contribution in [0.4, 0.5) is 0 Å². The van der Waals surface area contributed by atoms with Gasteiger partial charge >= 0.3 is 0 Å². The van der Waals surface area contributed by atoms with E-state index in [9.17, 15) is 0 Å². The van der Waals surface area contributed by atoms with E-state index < -0.39 is 0 Å². The van der Waals surface area contributed by atoms with Crippen molar-refractivity contribution in [2.75, 3.05) is 6.54 Å². The number of nitrogens with one attached hydrogen (secondary N) is 1. The summed E-state index contributed by atoms with van der Waals surface area (Å²) in [4.78, 5) is 0. The molecule has 0 aromatic heterocycles. The lowest BCUT2D eigenvalue weighted by molar-refractivity contribution is 0.149. The fourth-order valence-corrected chi connectivity index (χ4v) is 3.69. The van der Waals surface area contributed by atoms with Crippen LogP contribution in [-0.4, -0.2) is 12.6 Å². The van der Waals surface area contributed by atoms with E-state index in [1.807, 2.05) is 0 Å². The lowest BCUT2D eigenvalue weighted by atomic mass is 9.72. The van der Waals surface area contributed by atoms with Crippen LogP contribution in [-0.2, 0) is 0 Å². The zero-order chi connectivity index (χ0) is 12.2. The highest BCUT2D eigenvalue weighted by molar-refractivity contribution is 4.94. The van der Waals surface area contributed by atoms with Crippen LogP contribution in [0, 0.1) is 17.3 Å². The average Bonchev–Trinajstić information content (AvgIpc) is 2.58. The minimum atomic E-state index is 0.551. The Morgan fingerprint density at radius 3 is 2.19 bits per heavy atom. The molecule has 0 saturated heterocycles. The highest BCUT2D eigenvalue weighted by atomic mass is 14.9. The Bertz CT molecular complexity index is 194. The number of hydrogen-bond donors (Lipinski definition) is 1. The molecule has 1 fully saturated rings. The summed E-state index contributed by atoms with van der Waals surface area (Å²) < 4.78 is 0. The maximum atomic E-state index is 3.78. The first-order chi connectivity index (χ1) is 7.56. The summed E-state index contributed by atoms with van der Waals surface area (Å²) in [6.45, 7) is 13.0. The highest BCUT2D eigenvalue weighted by Crippen LogP contribution is 2.46. The first-order valence-electron chi connectivity index (χ1n) is 7.30. The first-order valence-corrected chi connectivity index (χ1v) is 7.30. The summed E-state index contributed by atoms with van der Waals surface area (Å²) in [5.74, 6) is 1.75. The molecule has 1 aliphatic carbocycles. The van der Waals surface area contributed by atoms with E-state index in [0.29, 0.717) is 5.41 Å². The molecule has 0 amide bonds. The Morgan fingerprint density at radius 2 is 1.81 bits per heavy atom. The van der Waals surface area contributed by atoms with E-state index in [2.05, 4.69) is 39.9 Å². The van der Waals surface area contributed by atoms with Crippen molar-refractivity contribution in [3.8, 4) is 0 Å². The van der Waals surface area contributed by atoms with E-state index in [4.69, 9.17) is 0 Å². The maximum absolute atomic E-state index is 3.78. The molecule has 0 heterocycles. The zero-order valence-electron chi connectivity index (χ0n) is 12.0. The van der Waals surface area contributed by atoms with E-state index in [-0.39, 0.29) is 0 Å². The van der Waals surface area contributed by atoms with Gasteiger partial charge in [-0.3, -0.25) is 0 Å². The fraction of sp³-hybridized carbons (Fsp3) is 1.00. The predicted octanol–water partition coefficient (Wildman–Crippen LogP) is 4.23. The quantitative estimate of drug-likeness (QED) is 0.713. The Labute approximate surface area is 102 Å². The summed E-state index contributed by atoms with van der Waals surface area (Å²) in [6, 6.07) is 0.748. The van der Waals surface area contributed by atoms with Gasteiger partial charge in [0.1, 0.15) is 0 Å². The van der Waals surface area contributed by atoms with Gasteiger partial charge in [0.15, 0.2) is 0 Å². The summed E-state index contributed by atoms with van der Waals surface area (Å²) in [7, 11) is 0. The molecule has 0 spiro atoms. The molecule has 16 heavy (non-hydrogen) atoms. The van der Waals surface area contributed by atoms with Gasteiger partial charge in [-0.2, -0.15) is 0 Å². The maximum Gasteiger partial charge on any atom is 0.0128 e. The van der Waals surface area contributed by atoms with Crippen LogP contribution in [0.2, 0.25) is 0 Å². The molecular weight excluding hydrogens is 194 g/mol. The van der Waals surface area contributed by atoms with Crippen LogP contribution in [0.3, 0.4) is 0 Å². The van der Waals surface area contributed by atoms with Crippen LogP contribution < -0.4 is 5.32 Å². The third-order valence-corrected chi connectivity index (χ3v) is 4.77. The molecular formula is C15H31N. The molecule has 1 aliphatic rings. The highest BCUT2D eigenvalue weighted by Gasteiger charge is 2.41. The normalized spacial score (nSPS) is 26.2. The fourth-order valence-electron chi connectivity index (χ4n) is 3.69. The molecule has 1 N–H and O–H groups in total. The topological polar surface area (TPSA) is 12.0 Å². The van der Waals surface area contributed by atoms with E-state index >= 15 is 0 Å². The Balaban J connectivity index is 2.75. The monoisotopic (exact) mass is 225 g/mol. The molecule has 0 aromatic carbocycles. The van der Waals surface area contributed by atoms with Gasteiger partial charge in [-0.25, -0.2) is 0 Å². The predicted molar refractivity (Wildman–Crippen MR) is 72.7 cm³/mol. The van der Waals surface area contributed by atoms with Crippen molar-refractivity contribution >= 4 is 0 Å². The van der Waals surface area contributed by atoms with E-state index in [1.165, 1.54) is 32.1 Å². The lowest BCUT2D eigenvalue weighted by Crippen LogP contribution is -2.45. The molecule has 0 bridgehead atoms.